The number of carboxylic acids is 1. The molecule has 0 amide bonds. The third kappa shape index (κ3) is 0.606. The highest BCUT2D eigenvalue weighted by Gasteiger charge is 2.58. The summed E-state index contributed by atoms with van der Waals surface area (Å²) < 4.78 is 0. The monoisotopic (exact) mass is 165 g/mol. The van der Waals surface area contributed by atoms with Gasteiger partial charge in [-0.1, -0.05) is 0 Å². The number of hydrogen-bond acceptors (Lipinski definition) is 2. The van der Waals surface area contributed by atoms with Crippen LogP contribution < -0.4 is 5.11 Å². The van der Waals surface area contributed by atoms with Crippen LogP contribution in [0.1, 0.15) is 32.1 Å². The molecule has 12 heavy (non-hydrogen) atoms. The van der Waals surface area contributed by atoms with Crippen LogP contribution in [0.3, 0.4) is 0 Å². The number of hydrogen-bond donors (Lipinski definition) is 0. The van der Waals surface area contributed by atoms with Crippen LogP contribution in [0.15, 0.2) is 0 Å². The number of aliphatic carboxylic acids is 1. The molecule has 0 aliphatic heterocycles. The Hall–Kier alpha value is -0.530. The van der Waals surface area contributed by atoms with Crippen LogP contribution in [-0.4, -0.2) is 5.97 Å². The van der Waals surface area contributed by atoms with Crippen LogP contribution in [0.5, 0.6) is 0 Å². The van der Waals surface area contributed by atoms with Gasteiger partial charge in [-0.25, -0.2) is 0 Å². The van der Waals surface area contributed by atoms with Crippen LogP contribution in [0.25, 0.3) is 0 Å². The zero-order valence-electron chi connectivity index (χ0n) is 7.08. The lowest BCUT2D eigenvalue weighted by Crippen LogP contribution is -2.43. The van der Waals surface area contributed by atoms with E-state index in [-0.39, 0.29) is 5.41 Å². The van der Waals surface area contributed by atoms with Crippen molar-refractivity contribution in [3.05, 3.63) is 0 Å². The quantitative estimate of drug-likeness (QED) is 0.569. The largest absolute Gasteiger partial charge is 0.550 e. The molecule has 0 heterocycles. The molecule has 66 valence electrons. The fraction of sp³-hybridized carbons (Fsp3) is 0.900. The molecule has 2 unspecified atom stereocenters. The van der Waals surface area contributed by atoms with Gasteiger partial charge in [0, 0.05) is 11.4 Å². The molecule has 4 saturated carbocycles. The fourth-order valence-electron chi connectivity index (χ4n) is 4.13. The minimum Gasteiger partial charge on any atom is -0.550 e. The van der Waals surface area contributed by atoms with Crippen LogP contribution in [0.4, 0.5) is 0 Å². The zero-order valence-corrected chi connectivity index (χ0v) is 7.08. The second-order valence-electron chi connectivity index (χ2n) is 4.99. The number of carbonyl (C=O) groups is 1. The molecule has 4 rings (SSSR count). The van der Waals surface area contributed by atoms with E-state index in [4.69, 9.17) is 0 Å². The van der Waals surface area contributed by atoms with Crippen LogP contribution in [0, 0.1) is 23.2 Å². The van der Waals surface area contributed by atoms with Crippen molar-refractivity contribution >= 4 is 5.97 Å². The highest BCUT2D eigenvalue weighted by Crippen LogP contribution is 2.65. The number of rotatable bonds is 1. The summed E-state index contributed by atoms with van der Waals surface area (Å²) in [4.78, 5) is 11.1. The molecule has 2 nitrogen and oxygen atoms in total. The van der Waals surface area contributed by atoms with E-state index in [0.29, 0.717) is 5.92 Å². The van der Waals surface area contributed by atoms with Crippen molar-refractivity contribution in [2.75, 3.05) is 0 Å². The van der Waals surface area contributed by atoms with Gasteiger partial charge < -0.3 is 9.90 Å². The third-order valence-electron chi connectivity index (χ3n) is 4.40. The van der Waals surface area contributed by atoms with E-state index in [0.717, 1.165) is 24.7 Å². The molecule has 0 radical (unpaired) electrons. The molecule has 4 fully saturated rings. The molecule has 0 N–H and O–H groups in total. The van der Waals surface area contributed by atoms with Gasteiger partial charge in [0.25, 0.3) is 0 Å². The summed E-state index contributed by atoms with van der Waals surface area (Å²) in [6, 6.07) is 0. The molecule has 2 heteroatoms. The Balaban J connectivity index is 2.03. The average molecular weight is 165 g/mol. The van der Waals surface area contributed by atoms with Gasteiger partial charge in [0.15, 0.2) is 0 Å². The number of carbonyl (C=O) groups excluding carboxylic acids is 1. The van der Waals surface area contributed by atoms with Crippen molar-refractivity contribution in [2.45, 2.75) is 32.1 Å². The average Bonchev–Trinajstić information content (AvgIpc) is 2.37. The summed E-state index contributed by atoms with van der Waals surface area (Å²) in [7, 11) is 0. The first-order valence-corrected chi connectivity index (χ1v) is 4.92. The maximum absolute atomic E-state index is 11.1. The zero-order chi connectivity index (χ0) is 8.34. The minimum atomic E-state index is -0.753. The van der Waals surface area contributed by atoms with Gasteiger partial charge in [0.05, 0.1) is 0 Å². The van der Waals surface area contributed by atoms with E-state index in [1.807, 2.05) is 0 Å². The van der Waals surface area contributed by atoms with Crippen molar-refractivity contribution in [1.29, 1.82) is 0 Å². The van der Waals surface area contributed by atoms with Gasteiger partial charge in [-0.15, -0.1) is 0 Å². The highest BCUT2D eigenvalue weighted by atomic mass is 16.4. The molecule has 0 saturated heterocycles. The molecular weight excluding hydrogens is 152 g/mol. The first kappa shape index (κ1) is 6.93. The summed E-state index contributed by atoms with van der Waals surface area (Å²) in [5.41, 5.74) is -0.367. The Kier molecular flexibility index (Phi) is 1.07. The van der Waals surface area contributed by atoms with E-state index >= 15 is 0 Å². The highest BCUT2D eigenvalue weighted by molar-refractivity contribution is 5.74. The Morgan fingerprint density at radius 3 is 2.17 bits per heavy atom. The van der Waals surface area contributed by atoms with Gasteiger partial charge in [-0.3, -0.25) is 0 Å². The Bertz CT molecular complexity index is 232. The minimum absolute atomic E-state index is 0.367. The Labute approximate surface area is 72.0 Å². The maximum atomic E-state index is 11.1. The molecular formula is C10H13O2-. The fourth-order valence-corrected chi connectivity index (χ4v) is 4.13. The van der Waals surface area contributed by atoms with E-state index in [1.54, 1.807) is 0 Å². The van der Waals surface area contributed by atoms with Crippen molar-refractivity contribution in [2.24, 2.45) is 23.2 Å². The summed E-state index contributed by atoms with van der Waals surface area (Å²) in [6.07, 6.45) is 5.49. The third-order valence-corrected chi connectivity index (χ3v) is 4.40. The van der Waals surface area contributed by atoms with Gasteiger partial charge >= 0.3 is 0 Å². The molecule has 4 bridgehead atoms. The van der Waals surface area contributed by atoms with Crippen LogP contribution in [0.2, 0.25) is 0 Å². The van der Waals surface area contributed by atoms with E-state index in [2.05, 4.69) is 0 Å². The first-order valence-electron chi connectivity index (χ1n) is 4.92. The van der Waals surface area contributed by atoms with E-state index in [9.17, 15) is 9.90 Å². The molecule has 4 aliphatic rings. The second-order valence-corrected chi connectivity index (χ2v) is 4.99. The molecule has 0 aromatic rings. The lowest BCUT2D eigenvalue weighted by Gasteiger charge is -2.33. The topological polar surface area (TPSA) is 40.1 Å². The normalized spacial score (nSPS) is 54.8. The smallest absolute Gasteiger partial charge is 0.0479 e. The summed E-state index contributed by atoms with van der Waals surface area (Å²) >= 11 is 0. The summed E-state index contributed by atoms with van der Waals surface area (Å²) in [6.45, 7) is 0. The lowest BCUT2D eigenvalue weighted by molar-refractivity contribution is -0.321. The number of carboxylic acid groups (broad SMARTS) is 1. The molecule has 2 atom stereocenters. The lowest BCUT2D eigenvalue weighted by atomic mass is 9.76. The predicted molar refractivity (Wildman–Crippen MR) is 41.0 cm³/mol. The van der Waals surface area contributed by atoms with E-state index in [1.165, 1.54) is 19.3 Å². The molecule has 0 aromatic heterocycles. The van der Waals surface area contributed by atoms with Crippen LogP contribution >= 0.6 is 0 Å². The predicted octanol–water partition coefficient (Wildman–Crippen LogP) is 0.563. The first-order chi connectivity index (χ1) is 5.71. The summed E-state index contributed by atoms with van der Waals surface area (Å²) in [5, 5.41) is 11.1. The molecule has 0 aromatic carbocycles. The molecule has 4 aliphatic carbocycles. The maximum Gasteiger partial charge on any atom is 0.0479 e. The summed E-state index contributed by atoms with van der Waals surface area (Å²) in [5.74, 6) is 1.17. The van der Waals surface area contributed by atoms with Crippen LogP contribution in [-0.2, 0) is 4.79 Å². The van der Waals surface area contributed by atoms with Gasteiger partial charge in [-0.2, -0.15) is 0 Å². The van der Waals surface area contributed by atoms with E-state index < -0.39 is 5.97 Å². The van der Waals surface area contributed by atoms with Gasteiger partial charge in [-0.05, 0) is 49.9 Å². The standard InChI is InChI=1S/C10H14O2/c11-9(12)10-4-6-1-7(5-10)3-8(10)2-6/h6-8H,1-5H2,(H,11,12)/p-1. The molecule has 0 spiro atoms. The second kappa shape index (κ2) is 1.86. The van der Waals surface area contributed by atoms with Gasteiger partial charge in [0.1, 0.15) is 0 Å². The van der Waals surface area contributed by atoms with Crippen molar-refractivity contribution < 1.29 is 9.90 Å². The van der Waals surface area contributed by atoms with Gasteiger partial charge in [0.2, 0.25) is 0 Å². The van der Waals surface area contributed by atoms with Crippen molar-refractivity contribution in [1.82, 2.24) is 0 Å². The Morgan fingerprint density at radius 2 is 1.75 bits per heavy atom. The van der Waals surface area contributed by atoms with Crippen molar-refractivity contribution in [3.63, 3.8) is 0 Å². The SMILES string of the molecule is O=C([O-])C12CC3CC(CC1C3)C2. The Morgan fingerprint density at radius 1 is 1.17 bits per heavy atom. The van der Waals surface area contributed by atoms with Crippen molar-refractivity contribution in [3.8, 4) is 0 Å².